The van der Waals surface area contributed by atoms with Crippen LogP contribution >= 0.6 is 7.60 Å². The minimum Gasteiger partial charge on any atom is -0.488 e. The summed E-state index contributed by atoms with van der Waals surface area (Å²) in [7, 11) is -3.10. The molecule has 0 aliphatic rings. The zero-order chi connectivity index (χ0) is 18.1. The minimum atomic E-state index is -3.10. The third-order valence-corrected chi connectivity index (χ3v) is 5.55. The van der Waals surface area contributed by atoms with Crippen LogP contribution in [0, 0.1) is 0 Å². The van der Waals surface area contributed by atoms with Crippen molar-refractivity contribution in [3.05, 3.63) is 65.2 Å². The number of benzene rings is 2. The van der Waals surface area contributed by atoms with Gasteiger partial charge in [-0.15, -0.1) is 0 Å². The lowest BCUT2D eigenvalue weighted by Gasteiger charge is -2.17. The molecule has 0 aromatic heterocycles. The van der Waals surface area contributed by atoms with Gasteiger partial charge in [-0.25, -0.2) is 0 Å². The van der Waals surface area contributed by atoms with Crippen molar-refractivity contribution in [2.45, 2.75) is 26.6 Å². The summed E-state index contributed by atoms with van der Waals surface area (Å²) in [6.45, 7) is 4.63. The van der Waals surface area contributed by atoms with Crippen molar-refractivity contribution in [3.8, 4) is 5.75 Å². The third kappa shape index (κ3) is 5.82. The van der Waals surface area contributed by atoms with Gasteiger partial charge in [0.15, 0.2) is 6.29 Å². The SMILES string of the molecule is CCOP(=O)(Cc1ccc(COc2ccccc2C=O)cc1)OCC. The molecule has 0 heterocycles. The summed E-state index contributed by atoms with van der Waals surface area (Å²) < 4.78 is 28.9. The number of rotatable bonds is 10. The van der Waals surface area contributed by atoms with Crippen molar-refractivity contribution in [2.24, 2.45) is 0 Å². The minimum absolute atomic E-state index is 0.240. The molecular formula is C19H23O5P. The van der Waals surface area contributed by atoms with Gasteiger partial charge < -0.3 is 13.8 Å². The van der Waals surface area contributed by atoms with Crippen molar-refractivity contribution >= 4 is 13.9 Å². The van der Waals surface area contributed by atoms with Crippen molar-refractivity contribution in [1.82, 2.24) is 0 Å². The van der Waals surface area contributed by atoms with E-state index < -0.39 is 7.60 Å². The van der Waals surface area contributed by atoms with Crippen LogP contribution in [0.25, 0.3) is 0 Å². The summed E-state index contributed by atoms with van der Waals surface area (Å²) >= 11 is 0. The lowest BCUT2D eigenvalue weighted by Crippen LogP contribution is -2.00. The van der Waals surface area contributed by atoms with Gasteiger partial charge in [-0.3, -0.25) is 9.36 Å². The Hall–Kier alpha value is -1.94. The van der Waals surface area contributed by atoms with E-state index in [1.165, 1.54) is 0 Å². The molecule has 0 unspecified atom stereocenters. The van der Waals surface area contributed by atoms with Gasteiger partial charge in [0, 0.05) is 0 Å². The number of para-hydroxylation sites is 1. The molecule has 0 aliphatic heterocycles. The summed E-state index contributed by atoms with van der Waals surface area (Å²) in [6.07, 6.45) is 1.02. The summed E-state index contributed by atoms with van der Waals surface area (Å²) in [4.78, 5) is 11.0. The molecule has 0 atom stereocenters. The molecule has 2 aromatic rings. The van der Waals surface area contributed by atoms with Crippen molar-refractivity contribution in [2.75, 3.05) is 13.2 Å². The molecule has 0 bridgehead atoms. The summed E-state index contributed by atoms with van der Waals surface area (Å²) in [5.74, 6) is 0.554. The Labute approximate surface area is 148 Å². The van der Waals surface area contributed by atoms with Gasteiger partial charge in [0.2, 0.25) is 0 Å². The second kappa shape index (κ2) is 9.52. The van der Waals surface area contributed by atoms with Gasteiger partial charge in [-0.05, 0) is 37.1 Å². The molecule has 0 N–H and O–H groups in total. The average molecular weight is 362 g/mol. The molecule has 0 radical (unpaired) electrons. The van der Waals surface area contributed by atoms with E-state index in [2.05, 4.69) is 0 Å². The molecule has 2 aromatic carbocycles. The maximum absolute atomic E-state index is 12.5. The van der Waals surface area contributed by atoms with Crippen LogP contribution < -0.4 is 4.74 Å². The first kappa shape index (κ1) is 19.4. The number of hydrogen-bond acceptors (Lipinski definition) is 5. The van der Waals surface area contributed by atoms with Crippen molar-refractivity contribution in [3.63, 3.8) is 0 Å². The maximum Gasteiger partial charge on any atom is 0.335 e. The van der Waals surface area contributed by atoms with Gasteiger partial charge >= 0.3 is 7.60 Å². The lowest BCUT2D eigenvalue weighted by atomic mass is 10.1. The highest BCUT2D eigenvalue weighted by atomic mass is 31.2. The molecule has 25 heavy (non-hydrogen) atoms. The van der Waals surface area contributed by atoms with Gasteiger partial charge in [0.1, 0.15) is 12.4 Å². The van der Waals surface area contributed by atoms with E-state index >= 15 is 0 Å². The molecule has 0 saturated carbocycles. The van der Waals surface area contributed by atoms with E-state index in [1.54, 1.807) is 32.0 Å². The Morgan fingerprint density at radius 1 is 0.920 bits per heavy atom. The summed E-state index contributed by atoms with van der Waals surface area (Å²) in [5, 5.41) is 0. The highest BCUT2D eigenvalue weighted by Gasteiger charge is 2.23. The molecular weight excluding hydrogens is 339 g/mol. The number of carbonyl (C=O) groups is 1. The summed E-state index contributed by atoms with van der Waals surface area (Å²) in [5.41, 5.74) is 2.35. The molecule has 0 aliphatic carbocycles. The lowest BCUT2D eigenvalue weighted by molar-refractivity contribution is 0.111. The van der Waals surface area contributed by atoms with Crippen molar-refractivity contribution < 1.29 is 23.1 Å². The zero-order valence-corrected chi connectivity index (χ0v) is 15.4. The highest BCUT2D eigenvalue weighted by molar-refractivity contribution is 7.53. The van der Waals surface area contributed by atoms with Gasteiger partial charge in [-0.1, -0.05) is 36.4 Å². The smallest absolute Gasteiger partial charge is 0.335 e. The van der Waals surface area contributed by atoms with Crippen LogP contribution in [0.5, 0.6) is 5.75 Å². The molecule has 0 amide bonds. The Kier molecular flexibility index (Phi) is 7.38. The first-order chi connectivity index (χ1) is 12.1. The van der Waals surface area contributed by atoms with E-state index in [-0.39, 0.29) is 6.16 Å². The predicted molar refractivity (Wildman–Crippen MR) is 97.2 cm³/mol. The predicted octanol–water partition coefficient (Wildman–Crippen LogP) is 4.84. The third-order valence-electron chi connectivity index (χ3n) is 3.49. The number of hydrogen-bond donors (Lipinski definition) is 0. The van der Waals surface area contributed by atoms with Crippen LogP contribution in [0.4, 0.5) is 0 Å². The second-order valence-electron chi connectivity index (χ2n) is 5.37. The van der Waals surface area contributed by atoms with Crippen LogP contribution in [-0.2, 0) is 26.4 Å². The van der Waals surface area contributed by atoms with Crippen LogP contribution in [0.15, 0.2) is 48.5 Å². The Morgan fingerprint density at radius 3 is 2.12 bits per heavy atom. The van der Waals surface area contributed by atoms with Crippen LogP contribution in [0.2, 0.25) is 0 Å². The Bertz CT molecular complexity index is 717. The molecule has 6 heteroatoms. The molecule has 134 valence electrons. The van der Waals surface area contributed by atoms with E-state index in [1.807, 2.05) is 30.3 Å². The maximum atomic E-state index is 12.5. The quantitative estimate of drug-likeness (QED) is 0.447. The van der Waals surface area contributed by atoms with Crippen LogP contribution in [0.1, 0.15) is 35.3 Å². The van der Waals surface area contributed by atoms with Gasteiger partial charge in [0.05, 0.1) is 24.9 Å². The van der Waals surface area contributed by atoms with E-state index in [0.717, 1.165) is 17.4 Å². The fourth-order valence-electron chi connectivity index (χ4n) is 2.36. The topological polar surface area (TPSA) is 61.8 Å². The van der Waals surface area contributed by atoms with Gasteiger partial charge in [-0.2, -0.15) is 0 Å². The monoisotopic (exact) mass is 362 g/mol. The largest absolute Gasteiger partial charge is 0.488 e. The molecule has 5 nitrogen and oxygen atoms in total. The molecule has 0 spiro atoms. The standard InChI is InChI=1S/C19H23O5P/c1-3-23-25(21,24-4-2)15-17-11-9-16(10-12-17)14-22-19-8-6-5-7-18(19)13-20/h5-13H,3-4,14-15H2,1-2H3. The van der Waals surface area contributed by atoms with E-state index in [4.69, 9.17) is 13.8 Å². The number of aldehydes is 1. The second-order valence-corrected chi connectivity index (χ2v) is 7.42. The molecule has 0 saturated heterocycles. The normalized spacial score (nSPS) is 11.3. The van der Waals surface area contributed by atoms with Crippen LogP contribution in [0.3, 0.4) is 0 Å². The fraction of sp³-hybridized carbons (Fsp3) is 0.316. The Balaban J connectivity index is 1.99. The Morgan fingerprint density at radius 2 is 1.52 bits per heavy atom. The van der Waals surface area contributed by atoms with Crippen LogP contribution in [-0.4, -0.2) is 19.5 Å². The first-order valence-electron chi connectivity index (χ1n) is 8.23. The first-order valence-corrected chi connectivity index (χ1v) is 9.96. The average Bonchev–Trinajstić information content (AvgIpc) is 2.61. The van der Waals surface area contributed by atoms with E-state index in [9.17, 15) is 9.36 Å². The van der Waals surface area contributed by atoms with Gasteiger partial charge in [0.25, 0.3) is 0 Å². The van der Waals surface area contributed by atoms with E-state index in [0.29, 0.717) is 31.1 Å². The molecule has 0 fully saturated rings. The number of ether oxygens (including phenoxy) is 1. The van der Waals surface area contributed by atoms with Crippen molar-refractivity contribution in [1.29, 1.82) is 0 Å². The number of carbonyl (C=O) groups excluding carboxylic acids is 1. The molecule has 2 rings (SSSR count). The highest BCUT2D eigenvalue weighted by Crippen LogP contribution is 2.51. The fourth-order valence-corrected chi connectivity index (χ4v) is 4.06. The summed E-state index contributed by atoms with van der Waals surface area (Å²) in [6, 6.07) is 14.7. The zero-order valence-electron chi connectivity index (χ0n) is 14.5.